The zero-order valence-corrected chi connectivity index (χ0v) is 11.0. The predicted octanol–water partition coefficient (Wildman–Crippen LogP) is 2.31. The molecule has 0 aromatic heterocycles. The van der Waals surface area contributed by atoms with Gasteiger partial charge in [-0.15, -0.1) is 0 Å². The van der Waals surface area contributed by atoms with Gasteiger partial charge in [0.2, 0.25) is 0 Å². The average molecular weight is 299 g/mol. The van der Waals surface area contributed by atoms with E-state index in [1.54, 1.807) is 18.2 Å². The molecule has 1 aromatic carbocycles. The number of anilines is 1. The van der Waals surface area contributed by atoms with Crippen LogP contribution in [-0.4, -0.2) is 19.1 Å². The van der Waals surface area contributed by atoms with E-state index in [2.05, 4.69) is 27.8 Å². The van der Waals surface area contributed by atoms with Gasteiger partial charge in [-0.3, -0.25) is 4.79 Å². The maximum Gasteiger partial charge on any atom is 0.253 e. The molecule has 17 heavy (non-hydrogen) atoms. The second-order valence-electron chi connectivity index (χ2n) is 3.38. The first-order valence-corrected chi connectivity index (χ1v) is 6.00. The number of ether oxygens (including phenoxy) is 1. The summed E-state index contributed by atoms with van der Waals surface area (Å²) in [5.41, 5.74) is 6.66. The third-order valence-electron chi connectivity index (χ3n) is 2.10. The molecule has 0 bridgehead atoms. The number of rotatable bonds is 6. The van der Waals surface area contributed by atoms with Crippen molar-refractivity contribution in [1.82, 2.24) is 5.32 Å². The molecule has 5 heteroatoms. The minimum atomic E-state index is -0.178. The molecule has 0 fully saturated rings. The van der Waals surface area contributed by atoms with Crippen molar-refractivity contribution < 1.29 is 9.53 Å². The minimum absolute atomic E-state index is 0.178. The van der Waals surface area contributed by atoms with Gasteiger partial charge in [0.15, 0.2) is 0 Å². The quantitative estimate of drug-likeness (QED) is 0.481. The summed E-state index contributed by atoms with van der Waals surface area (Å²) in [6.07, 6.45) is 2.11. The number of carbonyl (C=O) groups is 1. The van der Waals surface area contributed by atoms with Gasteiger partial charge in [-0.05, 0) is 24.6 Å². The van der Waals surface area contributed by atoms with Gasteiger partial charge in [0.25, 0.3) is 5.91 Å². The van der Waals surface area contributed by atoms with Crippen molar-refractivity contribution in [3.05, 3.63) is 41.1 Å². The van der Waals surface area contributed by atoms with Gasteiger partial charge in [-0.1, -0.05) is 22.5 Å². The summed E-state index contributed by atoms with van der Waals surface area (Å²) in [5, 5.41) is 2.77. The van der Waals surface area contributed by atoms with Crippen LogP contribution >= 0.6 is 15.9 Å². The highest BCUT2D eigenvalue weighted by Gasteiger charge is 2.09. The van der Waals surface area contributed by atoms with Crippen molar-refractivity contribution >= 4 is 27.5 Å². The maximum atomic E-state index is 11.8. The Bertz CT molecular complexity index is 407. The Morgan fingerprint density at radius 3 is 3.06 bits per heavy atom. The summed E-state index contributed by atoms with van der Waals surface area (Å²) in [6.45, 7) is 4.51. The second-order valence-corrected chi connectivity index (χ2v) is 4.29. The van der Waals surface area contributed by atoms with Crippen LogP contribution in [0.2, 0.25) is 0 Å². The molecule has 1 rings (SSSR count). The summed E-state index contributed by atoms with van der Waals surface area (Å²) in [4.78, 5) is 11.8. The van der Waals surface area contributed by atoms with Crippen LogP contribution in [0.4, 0.5) is 5.69 Å². The monoisotopic (exact) mass is 298 g/mol. The van der Waals surface area contributed by atoms with Crippen molar-refractivity contribution in [2.45, 2.75) is 6.42 Å². The molecular weight excluding hydrogens is 284 g/mol. The van der Waals surface area contributed by atoms with Gasteiger partial charge in [0, 0.05) is 16.7 Å². The van der Waals surface area contributed by atoms with Crippen LogP contribution in [0.3, 0.4) is 0 Å². The Labute approximate surface area is 109 Å². The van der Waals surface area contributed by atoms with Crippen LogP contribution in [0, 0.1) is 0 Å². The van der Waals surface area contributed by atoms with E-state index in [1.165, 1.54) is 6.26 Å². The number of amides is 1. The standard InChI is InChI=1S/C12H15BrN2O2/c1-2-17-7-3-6-15-12(16)10-8-9(13)4-5-11(10)14/h2,4-5,8H,1,3,6-7,14H2,(H,15,16). The fourth-order valence-electron chi connectivity index (χ4n) is 1.26. The zero-order chi connectivity index (χ0) is 12.7. The molecule has 0 heterocycles. The van der Waals surface area contributed by atoms with Gasteiger partial charge in [0.05, 0.1) is 18.4 Å². The van der Waals surface area contributed by atoms with Gasteiger partial charge in [-0.2, -0.15) is 0 Å². The molecule has 0 spiro atoms. The number of nitrogens with two attached hydrogens (primary N) is 1. The highest BCUT2D eigenvalue weighted by Crippen LogP contribution is 2.18. The lowest BCUT2D eigenvalue weighted by Crippen LogP contribution is -2.26. The maximum absolute atomic E-state index is 11.8. The number of nitrogen functional groups attached to an aromatic ring is 1. The van der Waals surface area contributed by atoms with Crippen LogP contribution < -0.4 is 11.1 Å². The highest BCUT2D eigenvalue weighted by atomic mass is 79.9. The number of hydrogen-bond acceptors (Lipinski definition) is 3. The largest absolute Gasteiger partial charge is 0.502 e. The van der Waals surface area contributed by atoms with Gasteiger partial charge >= 0.3 is 0 Å². The number of hydrogen-bond donors (Lipinski definition) is 2. The molecule has 0 radical (unpaired) electrons. The molecule has 1 amide bonds. The van der Waals surface area contributed by atoms with Crippen molar-refractivity contribution in [1.29, 1.82) is 0 Å². The molecule has 1 aromatic rings. The third kappa shape index (κ3) is 4.48. The number of carbonyl (C=O) groups excluding carboxylic acids is 1. The third-order valence-corrected chi connectivity index (χ3v) is 2.60. The first kappa shape index (κ1) is 13.6. The smallest absolute Gasteiger partial charge is 0.253 e. The van der Waals surface area contributed by atoms with Gasteiger partial charge < -0.3 is 15.8 Å². The lowest BCUT2D eigenvalue weighted by atomic mass is 10.1. The second kappa shape index (κ2) is 6.96. The predicted molar refractivity (Wildman–Crippen MR) is 71.7 cm³/mol. The van der Waals surface area contributed by atoms with E-state index in [0.717, 1.165) is 10.9 Å². The zero-order valence-electron chi connectivity index (χ0n) is 9.41. The Morgan fingerprint density at radius 1 is 1.59 bits per heavy atom. The molecule has 0 saturated carbocycles. The summed E-state index contributed by atoms with van der Waals surface area (Å²) >= 11 is 3.30. The lowest BCUT2D eigenvalue weighted by Gasteiger charge is -2.07. The molecule has 0 aliphatic heterocycles. The first-order chi connectivity index (χ1) is 8.15. The van der Waals surface area contributed by atoms with Crippen LogP contribution in [0.15, 0.2) is 35.5 Å². The van der Waals surface area contributed by atoms with E-state index in [4.69, 9.17) is 10.5 Å². The van der Waals surface area contributed by atoms with E-state index in [9.17, 15) is 4.79 Å². The molecule has 0 unspecified atom stereocenters. The topological polar surface area (TPSA) is 64.3 Å². The molecule has 0 atom stereocenters. The lowest BCUT2D eigenvalue weighted by molar-refractivity contribution is 0.0951. The van der Waals surface area contributed by atoms with E-state index < -0.39 is 0 Å². The fraction of sp³-hybridized carbons (Fsp3) is 0.250. The SMILES string of the molecule is C=COCCCNC(=O)c1cc(Br)ccc1N. The Hall–Kier alpha value is -1.49. The molecule has 0 saturated heterocycles. The summed E-state index contributed by atoms with van der Waals surface area (Å²) < 4.78 is 5.77. The summed E-state index contributed by atoms with van der Waals surface area (Å²) in [7, 11) is 0. The van der Waals surface area contributed by atoms with Crippen molar-refractivity contribution in [2.24, 2.45) is 0 Å². The van der Waals surface area contributed by atoms with E-state index in [0.29, 0.717) is 24.4 Å². The Balaban J connectivity index is 2.46. The van der Waals surface area contributed by atoms with Crippen molar-refractivity contribution in [3.63, 3.8) is 0 Å². The summed E-state index contributed by atoms with van der Waals surface area (Å²) in [6, 6.07) is 5.19. The van der Waals surface area contributed by atoms with Crippen LogP contribution in [0.25, 0.3) is 0 Å². The molecular formula is C12H15BrN2O2. The molecule has 0 aliphatic carbocycles. The Kier molecular flexibility index (Phi) is 5.56. The number of benzene rings is 1. The van der Waals surface area contributed by atoms with Crippen molar-refractivity contribution in [3.8, 4) is 0 Å². The van der Waals surface area contributed by atoms with E-state index in [1.807, 2.05) is 0 Å². The number of nitrogens with one attached hydrogen (secondary N) is 1. The van der Waals surface area contributed by atoms with E-state index >= 15 is 0 Å². The molecule has 4 nitrogen and oxygen atoms in total. The molecule has 3 N–H and O–H groups in total. The van der Waals surface area contributed by atoms with Crippen LogP contribution in [0.5, 0.6) is 0 Å². The van der Waals surface area contributed by atoms with Crippen LogP contribution in [0.1, 0.15) is 16.8 Å². The minimum Gasteiger partial charge on any atom is -0.502 e. The van der Waals surface area contributed by atoms with Gasteiger partial charge in [0.1, 0.15) is 0 Å². The molecule has 0 aliphatic rings. The molecule has 92 valence electrons. The number of halogens is 1. The highest BCUT2D eigenvalue weighted by molar-refractivity contribution is 9.10. The fourth-order valence-corrected chi connectivity index (χ4v) is 1.62. The van der Waals surface area contributed by atoms with E-state index in [-0.39, 0.29) is 5.91 Å². The average Bonchev–Trinajstić information content (AvgIpc) is 2.32. The van der Waals surface area contributed by atoms with Crippen LogP contribution in [-0.2, 0) is 4.74 Å². The first-order valence-electron chi connectivity index (χ1n) is 5.21. The van der Waals surface area contributed by atoms with Gasteiger partial charge in [-0.25, -0.2) is 0 Å². The Morgan fingerprint density at radius 2 is 2.35 bits per heavy atom. The normalized spacial score (nSPS) is 9.71. The van der Waals surface area contributed by atoms with Crippen molar-refractivity contribution in [2.75, 3.05) is 18.9 Å². The summed E-state index contributed by atoms with van der Waals surface area (Å²) in [5.74, 6) is -0.178.